The number of nitrogens with two attached hydrogens (primary N) is 1. The molecule has 1 aromatic rings. The van der Waals surface area contributed by atoms with Crippen LogP contribution in [0.4, 0.5) is 8.78 Å². The van der Waals surface area contributed by atoms with Crippen LogP contribution in [0.25, 0.3) is 0 Å². The molecule has 0 aliphatic heterocycles. The van der Waals surface area contributed by atoms with Crippen LogP contribution in [-0.4, -0.2) is 11.1 Å². The van der Waals surface area contributed by atoms with Crippen LogP contribution in [0.2, 0.25) is 0 Å². The predicted molar refractivity (Wildman–Crippen MR) is 50.1 cm³/mol. The molecule has 0 aromatic heterocycles. The van der Waals surface area contributed by atoms with E-state index in [0.717, 1.165) is 18.2 Å². The second-order valence-corrected chi connectivity index (χ2v) is 2.89. The Morgan fingerprint density at radius 2 is 2.13 bits per heavy atom. The number of hydrogen-bond acceptors (Lipinski definition) is 2. The Labute approximate surface area is 84.8 Å². The van der Waals surface area contributed by atoms with E-state index in [1.165, 1.54) is 6.07 Å². The standard InChI is InChI=1S/C10H9F2NO2/c11-6-1-2-7(8(12)5-6)9(13)3-4-10(14)15/h1-5,9H,13H2,(H,14,15)/b4-3+. The molecule has 5 heteroatoms. The fourth-order valence-corrected chi connectivity index (χ4v) is 1.06. The van der Waals surface area contributed by atoms with Gasteiger partial charge in [-0.2, -0.15) is 0 Å². The van der Waals surface area contributed by atoms with E-state index in [-0.39, 0.29) is 5.56 Å². The fraction of sp³-hybridized carbons (Fsp3) is 0.100. The van der Waals surface area contributed by atoms with E-state index in [1.54, 1.807) is 0 Å². The summed E-state index contributed by atoms with van der Waals surface area (Å²) in [4.78, 5) is 10.2. The van der Waals surface area contributed by atoms with Gasteiger partial charge in [0.25, 0.3) is 0 Å². The van der Waals surface area contributed by atoms with Gasteiger partial charge < -0.3 is 10.8 Å². The summed E-state index contributed by atoms with van der Waals surface area (Å²) in [6, 6.07) is 2.04. The lowest BCUT2D eigenvalue weighted by molar-refractivity contribution is -0.131. The Morgan fingerprint density at radius 3 is 2.67 bits per heavy atom. The molecule has 1 atom stereocenters. The third-order valence-corrected chi connectivity index (χ3v) is 1.77. The van der Waals surface area contributed by atoms with Gasteiger partial charge in [-0.15, -0.1) is 0 Å². The van der Waals surface area contributed by atoms with E-state index in [2.05, 4.69) is 0 Å². The van der Waals surface area contributed by atoms with Gasteiger partial charge in [0, 0.05) is 17.7 Å². The monoisotopic (exact) mass is 213 g/mol. The first-order chi connectivity index (χ1) is 7.00. The summed E-state index contributed by atoms with van der Waals surface area (Å²) in [5, 5.41) is 8.33. The number of hydrogen-bond donors (Lipinski definition) is 2. The average molecular weight is 213 g/mol. The van der Waals surface area contributed by atoms with Crippen molar-refractivity contribution < 1.29 is 18.7 Å². The molecule has 0 aliphatic carbocycles. The number of benzene rings is 1. The minimum Gasteiger partial charge on any atom is -0.478 e. The van der Waals surface area contributed by atoms with E-state index in [0.29, 0.717) is 6.07 Å². The molecule has 0 fully saturated rings. The number of aliphatic carboxylic acids is 1. The Balaban J connectivity index is 2.91. The molecule has 1 unspecified atom stereocenters. The van der Waals surface area contributed by atoms with Crippen LogP contribution in [0.3, 0.4) is 0 Å². The maximum Gasteiger partial charge on any atom is 0.328 e. The topological polar surface area (TPSA) is 63.3 Å². The van der Waals surface area contributed by atoms with Crippen LogP contribution in [0.15, 0.2) is 30.4 Å². The molecule has 0 aliphatic rings. The van der Waals surface area contributed by atoms with Crippen molar-refractivity contribution >= 4 is 5.97 Å². The van der Waals surface area contributed by atoms with Gasteiger partial charge in [0.1, 0.15) is 11.6 Å². The van der Waals surface area contributed by atoms with Crippen molar-refractivity contribution in [3.8, 4) is 0 Å². The van der Waals surface area contributed by atoms with Crippen LogP contribution in [0.1, 0.15) is 11.6 Å². The summed E-state index contributed by atoms with van der Waals surface area (Å²) in [6.07, 6.45) is 1.94. The molecule has 0 spiro atoms. The van der Waals surface area contributed by atoms with E-state index >= 15 is 0 Å². The lowest BCUT2D eigenvalue weighted by Gasteiger charge is -2.07. The Hall–Kier alpha value is -1.75. The first-order valence-corrected chi connectivity index (χ1v) is 4.12. The summed E-state index contributed by atoms with van der Waals surface area (Å²) >= 11 is 0. The molecule has 0 heterocycles. The number of carboxylic acid groups (broad SMARTS) is 1. The molecular weight excluding hydrogens is 204 g/mol. The zero-order chi connectivity index (χ0) is 11.4. The van der Waals surface area contributed by atoms with Crippen LogP contribution in [0, 0.1) is 11.6 Å². The minimum absolute atomic E-state index is 0.0499. The van der Waals surface area contributed by atoms with E-state index in [4.69, 9.17) is 10.8 Å². The van der Waals surface area contributed by atoms with Gasteiger partial charge in [-0.3, -0.25) is 0 Å². The third-order valence-electron chi connectivity index (χ3n) is 1.77. The molecule has 0 saturated carbocycles. The number of carboxylic acids is 1. The second kappa shape index (κ2) is 4.65. The second-order valence-electron chi connectivity index (χ2n) is 2.89. The third kappa shape index (κ3) is 3.14. The number of carbonyl (C=O) groups is 1. The average Bonchev–Trinajstić information content (AvgIpc) is 2.14. The Morgan fingerprint density at radius 1 is 1.47 bits per heavy atom. The highest BCUT2D eigenvalue weighted by atomic mass is 19.1. The highest BCUT2D eigenvalue weighted by Gasteiger charge is 2.09. The summed E-state index contributed by atoms with van der Waals surface area (Å²) in [5.74, 6) is -2.67. The fourth-order valence-electron chi connectivity index (χ4n) is 1.06. The van der Waals surface area contributed by atoms with Gasteiger partial charge in [-0.05, 0) is 6.07 Å². The van der Waals surface area contributed by atoms with Crippen LogP contribution in [-0.2, 0) is 4.79 Å². The molecule has 1 aromatic carbocycles. The smallest absolute Gasteiger partial charge is 0.328 e. The van der Waals surface area contributed by atoms with E-state index in [1.807, 2.05) is 0 Å². The summed E-state index contributed by atoms with van der Waals surface area (Å²) < 4.78 is 25.7. The van der Waals surface area contributed by atoms with Crippen molar-refractivity contribution in [3.63, 3.8) is 0 Å². The highest BCUT2D eigenvalue weighted by Crippen LogP contribution is 2.16. The molecule has 80 valence electrons. The van der Waals surface area contributed by atoms with Crippen molar-refractivity contribution in [2.75, 3.05) is 0 Å². The number of rotatable bonds is 3. The van der Waals surface area contributed by atoms with Crippen molar-refractivity contribution in [2.45, 2.75) is 6.04 Å². The first kappa shape index (κ1) is 11.3. The molecule has 3 N–H and O–H groups in total. The SMILES string of the molecule is NC(/C=C/C(=O)O)c1ccc(F)cc1F. The lowest BCUT2D eigenvalue weighted by Crippen LogP contribution is -2.10. The Kier molecular flexibility index (Phi) is 3.51. The van der Waals surface area contributed by atoms with Gasteiger partial charge in [-0.25, -0.2) is 13.6 Å². The van der Waals surface area contributed by atoms with Gasteiger partial charge in [0.2, 0.25) is 0 Å². The van der Waals surface area contributed by atoms with Crippen LogP contribution in [0.5, 0.6) is 0 Å². The Bertz CT molecular complexity index is 404. The molecule has 0 radical (unpaired) electrons. The molecule has 1 rings (SSSR count). The maximum atomic E-state index is 13.1. The normalized spacial score (nSPS) is 13.0. The summed E-state index contributed by atoms with van der Waals surface area (Å²) in [6.45, 7) is 0. The van der Waals surface area contributed by atoms with E-state index in [9.17, 15) is 13.6 Å². The lowest BCUT2D eigenvalue weighted by atomic mass is 10.1. The molecule has 15 heavy (non-hydrogen) atoms. The van der Waals surface area contributed by atoms with Crippen LogP contribution < -0.4 is 5.73 Å². The van der Waals surface area contributed by atoms with Gasteiger partial charge in [0.15, 0.2) is 0 Å². The van der Waals surface area contributed by atoms with Crippen molar-refractivity contribution in [1.29, 1.82) is 0 Å². The van der Waals surface area contributed by atoms with E-state index < -0.39 is 23.6 Å². The minimum atomic E-state index is -1.17. The van der Waals surface area contributed by atoms with Crippen molar-refractivity contribution in [2.24, 2.45) is 5.73 Å². The first-order valence-electron chi connectivity index (χ1n) is 4.12. The molecule has 0 amide bonds. The largest absolute Gasteiger partial charge is 0.478 e. The quantitative estimate of drug-likeness (QED) is 0.749. The summed E-state index contributed by atoms with van der Waals surface area (Å²) in [5.41, 5.74) is 5.53. The highest BCUT2D eigenvalue weighted by molar-refractivity contribution is 5.79. The molecular formula is C10H9F2NO2. The zero-order valence-electron chi connectivity index (χ0n) is 7.65. The molecule has 0 saturated heterocycles. The van der Waals surface area contributed by atoms with Crippen molar-refractivity contribution in [3.05, 3.63) is 47.5 Å². The maximum absolute atomic E-state index is 13.1. The van der Waals surface area contributed by atoms with Gasteiger partial charge >= 0.3 is 5.97 Å². The molecule has 0 bridgehead atoms. The van der Waals surface area contributed by atoms with Crippen molar-refractivity contribution in [1.82, 2.24) is 0 Å². The van der Waals surface area contributed by atoms with Crippen LogP contribution >= 0.6 is 0 Å². The zero-order valence-corrected chi connectivity index (χ0v) is 7.65. The molecule has 3 nitrogen and oxygen atoms in total. The predicted octanol–water partition coefficient (Wildman–Crippen LogP) is 1.61. The number of halogens is 2. The van der Waals surface area contributed by atoms with Gasteiger partial charge in [0.05, 0.1) is 6.04 Å². The van der Waals surface area contributed by atoms with Gasteiger partial charge in [-0.1, -0.05) is 12.1 Å². The summed E-state index contributed by atoms with van der Waals surface area (Å²) in [7, 11) is 0.